The zero-order valence-electron chi connectivity index (χ0n) is 11.9. The van der Waals surface area contributed by atoms with Gasteiger partial charge in [-0.25, -0.2) is 0 Å². The molecule has 1 rings (SSSR count). The molecule has 0 saturated carbocycles. The van der Waals surface area contributed by atoms with Crippen molar-refractivity contribution in [2.75, 3.05) is 53.4 Å². The number of rotatable bonds is 5. The highest BCUT2D eigenvalue weighted by Gasteiger charge is 2.12. The Morgan fingerprint density at radius 2 is 1.75 bits per heavy atom. The van der Waals surface area contributed by atoms with E-state index in [1.165, 1.54) is 45.7 Å². The zero-order valence-corrected chi connectivity index (χ0v) is 11.9. The molecule has 0 spiro atoms. The van der Waals surface area contributed by atoms with Crippen LogP contribution in [-0.2, 0) is 0 Å². The van der Waals surface area contributed by atoms with Gasteiger partial charge in [0.2, 0.25) is 0 Å². The molecule has 1 fully saturated rings. The van der Waals surface area contributed by atoms with Crippen LogP contribution in [0.4, 0.5) is 0 Å². The molecule has 1 atom stereocenters. The summed E-state index contributed by atoms with van der Waals surface area (Å²) in [6.45, 7) is 13.6. The maximum Gasteiger partial charge on any atom is 0.0107 e. The van der Waals surface area contributed by atoms with E-state index in [0.29, 0.717) is 0 Å². The molecule has 0 aromatic heterocycles. The first-order valence-corrected chi connectivity index (χ1v) is 6.76. The van der Waals surface area contributed by atoms with Gasteiger partial charge in [0.05, 0.1) is 0 Å². The third kappa shape index (κ3) is 8.08. The highest BCUT2D eigenvalue weighted by molar-refractivity contribution is 4.70. The quantitative estimate of drug-likeness (QED) is 0.771. The minimum absolute atomic E-state index is 0.829. The first-order chi connectivity index (χ1) is 7.68. The lowest BCUT2D eigenvalue weighted by Crippen LogP contribution is -2.45. The molecule has 0 aromatic carbocycles. The second-order valence-corrected chi connectivity index (χ2v) is 4.75. The topological polar surface area (TPSA) is 18.5 Å². The van der Waals surface area contributed by atoms with Crippen LogP contribution in [0.5, 0.6) is 0 Å². The highest BCUT2D eigenvalue weighted by atomic mass is 15.2. The van der Waals surface area contributed by atoms with E-state index in [4.69, 9.17) is 0 Å². The normalized spacial score (nSPS) is 19.1. The summed E-state index contributed by atoms with van der Waals surface area (Å²) in [4.78, 5) is 4.85. The lowest BCUT2D eigenvalue weighted by molar-refractivity contribution is 0.201. The third-order valence-electron chi connectivity index (χ3n) is 2.85. The van der Waals surface area contributed by atoms with Crippen LogP contribution in [0.2, 0.25) is 0 Å². The Kier molecular flexibility index (Phi) is 9.99. The summed E-state index contributed by atoms with van der Waals surface area (Å²) in [5, 5.41) is 3.39. The summed E-state index contributed by atoms with van der Waals surface area (Å²) in [5.74, 6) is 0.829. The van der Waals surface area contributed by atoms with Gasteiger partial charge in [-0.1, -0.05) is 20.8 Å². The largest absolute Gasteiger partial charge is 0.314 e. The van der Waals surface area contributed by atoms with Crippen molar-refractivity contribution in [1.29, 1.82) is 0 Å². The van der Waals surface area contributed by atoms with Crippen molar-refractivity contribution >= 4 is 0 Å². The van der Waals surface area contributed by atoms with Crippen molar-refractivity contribution in [3.8, 4) is 0 Å². The third-order valence-corrected chi connectivity index (χ3v) is 2.85. The van der Waals surface area contributed by atoms with Gasteiger partial charge in [0.15, 0.2) is 0 Å². The molecule has 98 valence electrons. The lowest BCUT2D eigenvalue weighted by atomic mass is 10.1. The van der Waals surface area contributed by atoms with E-state index in [-0.39, 0.29) is 0 Å². The highest BCUT2D eigenvalue weighted by Crippen LogP contribution is 2.06. The maximum atomic E-state index is 3.39. The molecular formula is C13H31N3. The molecule has 1 saturated heterocycles. The molecule has 3 nitrogen and oxygen atoms in total. The van der Waals surface area contributed by atoms with Crippen molar-refractivity contribution in [2.45, 2.75) is 27.2 Å². The first-order valence-electron chi connectivity index (χ1n) is 6.76. The van der Waals surface area contributed by atoms with Crippen LogP contribution < -0.4 is 5.32 Å². The minimum atomic E-state index is 0.829. The van der Waals surface area contributed by atoms with Gasteiger partial charge < -0.3 is 15.1 Å². The molecule has 1 aliphatic rings. The van der Waals surface area contributed by atoms with Gasteiger partial charge in [0, 0.05) is 32.7 Å². The Hall–Kier alpha value is -0.120. The second kappa shape index (κ2) is 10.1. The summed E-state index contributed by atoms with van der Waals surface area (Å²) in [6, 6.07) is 0. The van der Waals surface area contributed by atoms with Crippen molar-refractivity contribution in [3.63, 3.8) is 0 Å². The molecule has 0 radical (unpaired) electrons. The predicted octanol–water partition coefficient (Wildman–Crippen LogP) is 1.51. The van der Waals surface area contributed by atoms with Gasteiger partial charge in [-0.15, -0.1) is 0 Å². The summed E-state index contributed by atoms with van der Waals surface area (Å²) in [7, 11) is 4.30. The van der Waals surface area contributed by atoms with Crippen molar-refractivity contribution < 1.29 is 0 Å². The van der Waals surface area contributed by atoms with E-state index in [9.17, 15) is 0 Å². The van der Waals surface area contributed by atoms with E-state index in [0.717, 1.165) is 5.92 Å². The zero-order chi connectivity index (χ0) is 12.4. The second-order valence-electron chi connectivity index (χ2n) is 4.75. The number of hydrogen-bond acceptors (Lipinski definition) is 3. The van der Waals surface area contributed by atoms with E-state index in [1.54, 1.807) is 0 Å². The molecule has 1 N–H and O–H groups in total. The average molecular weight is 229 g/mol. The van der Waals surface area contributed by atoms with E-state index in [2.05, 4.69) is 36.1 Å². The van der Waals surface area contributed by atoms with Crippen molar-refractivity contribution in [2.24, 2.45) is 5.92 Å². The maximum absolute atomic E-state index is 3.39. The molecule has 0 bridgehead atoms. The molecular weight excluding hydrogens is 198 g/mol. The van der Waals surface area contributed by atoms with Crippen LogP contribution in [0, 0.1) is 5.92 Å². The standard InChI is InChI=1S/C11H25N3.C2H6/c1-11(4-7-13(2)3)10-14-8-5-12-6-9-14;1-2/h11-12H,4-10H2,1-3H3;1-2H3. The van der Waals surface area contributed by atoms with Crippen LogP contribution in [0.1, 0.15) is 27.2 Å². The van der Waals surface area contributed by atoms with Crippen LogP contribution in [0.15, 0.2) is 0 Å². The van der Waals surface area contributed by atoms with Crippen LogP contribution >= 0.6 is 0 Å². The monoisotopic (exact) mass is 229 g/mol. The Morgan fingerprint density at radius 1 is 1.19 bits per heavy atom. The van der Waals surface area contributed by atoms with Gasteiger partial charge in [0.1, 0.15) is 0 Å². The minimum Gasteiger partial charge on any atom is -0.314 e. The summed E-state index contributed by atoms with van der Waals surface area (Å²) >= 11 is 0. The molecule has 0 aliphatic carbocycles. The Labute approximate surface area is 102 Å². The molecule has 1 heterocycles. The Morgan fingerprint density at radius 3 is 2.25 bits per heavy atom. The van der Waals surface area contributed by atoms with E-state index < -0.39 is 0 Å². The lowest BCUT2D eigenvalue weighted by Gasteiger charge is -2.30. The summed E-state index contributed by atoms with van der Waals surface area (Å²) < 4.78 is 0. The van der Waals surface area contributed by atoms with Gasteiger partial charge in [-0.2, -0.15) is 0 Å². The fourth-order valence-corrected chi connectivity index (χ4v) is 1.90. The van der Waals surface area contributed by atoms with Crippen LogP contribution in [0.3, 0.4) is 0 Å². The molecule has 0 aromatic rings. The van der Waals surface area contributed by atoms with Crippen molar-refractivity contribution in [1.82, 2.24) is 15.1 Å². The number of piperazine rings is 1. The molecule has 0 amide bonds. The first kappa shape index (κ1) is 15.9. The van der Waals surface area contributed by atoms with Gasteiger partial charge >= 0.3 is 0 Å². The van der Waals surface area contributed by atoms with Crippen molar-refractivity contribution in [3.05, 3.63) is 0 Å². The van der Waals surface area contributed by atoms with Gasteiger partial charge in [-0.05, 0) is 33.0 Å². The van der Waals surface area contributed by atoms with E-state index in [1.807, 2.05) is 13.8 Å². The van der Waals surface area contributed by atoms with Crippen LogP contribution in [-0.4, -0.2) is 63.2 Å². The fraction of sp³-hybridized carbons (Fsp3) is 1.00. The SMILES string of the molecule is CC.CC(CCN(C)C)CN1CCNCC1. The molecule has 16 heavy (non-hydrogen) atoms. The smallest absolute Gasteiger partial charge is 0.0107 e. The number of hydrogen-bond donors (Lipinski definition) is 1. The molecule has 1 unspecified atom stereocenters. The Balaban J connectivity index is 0.00000106. The molecule has 1 aliphatic heterocycles. The molecule has 3 heteroatoms. The average Bonchev–Trinajstić information content (AvgIpc) is 2.30. The Bertz CT molecular complexity index is 142. The van der Waals surface area contributed by atoms with Crippen LogP contribution in [0.25, 0.3) is 0 Å². The predicted molar refractivity (Wildman–Crippen MR) is 73.0 cm³/mol. The summed E-state index contributed by atoms with van der Waals surface area (Å²) in [5.41, 5.74) is 0. The number of nitrogens with one attached hydrogen (secondary N) is 1. The van der Waals surface area contributed by atoms with Gasteiger partial charge in [0.25, 0.3) is 0 Å². The summed E-state index contributed by atoms with van der Waals surface area (Å²) in [6.07, 6.45) is 1.32. The number of nitrogens with zero attached hydrogens (tertiary/aromatic N) is 2. The fourth-order valence-electron chi connectivity index (χ4n) is 1.90. The van der Waals surface area contributed by atoms with E-state index >= 15 is 0 Å². The van der Waals surface area contributed by atoms with Gasteiger partial charge in [-0.3, -0.25) is 0 Å².